The van der Waals surface area contributed by atoms with Crippen LogP contribution in [0.4, 0.5) is 0 Å². The molecule has 0 radical (unpaired) electrons. The van der Waals surface area contributed by atoms with Gasteiger partial charge in [-0.3, -0.25) is 0 Å². The maximum absolute atomic E-state index is 7.26. The maximum Gasteiger partial charge on any atom is 0.167 e. The van der Waals surface area contributed by atoms with E-state index >= 15 is 0 Å². The molecule has 26 rings (SSSR count). The van der Waals surface area contributed by atoms with Crippen LogP contribution in [0, 0.1) is 5.92 Å². The molecule has 10 nitrogen and oxygen atoms in total. The minimum Gasteiger partial charge on any atom is -0.455 e. The van der Waals surface area contributed by atoms with Crippen LogP contribution >= 0.6 is 0 Å². The lowest BCUT2D eigenvalue weighted by molar-refractivity contribution is 0.666. The molecule has 6 aromatic heterocycles. The summed E-state index contributed by atoms with van der Waals surface area (Å²) < 4.78 is 19.4. The van der Waals surface area contributed by atoms with E-state index in [2.05, 4.69) is 337 Å². The van der Waals surface area contributed by atoms with Crippen molar-refractivity contribution in [1.29, 1.82) is 0 Å². The van der Waals surface area contributed by atoms with E-state index in [-0.39, 0.29) is 5.92 Å². The summed E-state index contributed by atoms with van der Waals surface area (Å²) in [5, 5.41) is 13.4. The van der Waals surface area contributed by atoms with Crippen LogP contribution < -0.4 is 0 Å². The summed E-state index contributed by atoms with van der Waals surface area (Å²) in [7, 11) is 0. The van der Waals surface area contributed by atoms with Gasteiger partial charge in [0.05, 0.1) is 44.4 Å². The van der Waals surface area contributed by atoms with E-state index in [4.69, 9.17) is 38.7 Å². The van der Waals surface area contributed by atoms with E-state index < -0.39 is 0 Å². The number of benzene rings is 17. The summed E-state index contributed by atoms with van der Waals surface area (Å²) in [5.74, 6) is 3.28. The fraction of sp³-hybridized carbons (Fsp3) is 0.0175. The van der Waals surface area contributed by atoms with Gasteiger partial charge in [-0.2, -0.15) is 0 Å². The molecule has 23 aromatic rings. The summed E-state index contributed by atoms with van der Waals surface area (Å²) in [5.41, 5.74) is 29.6. The maximum atomic E-state index is 7.26. The molecule has 0 N–H and O–H groups in total. The average Bonchev–Trinajstić information content (AvgIpc) is 1.53. The molecular weight excluding hydrogens is 1510 g/mol. The number of hydrogen-bond acceptors (Lipinski definition) is 8. The highest BCUT2D eigenvalue weighted by Gasteiger charge is 2.35. The van der Waals surface area contributed by atoms with Gasteiger partial charge in [0.2, 0.25) is 0 Å². The Morgan fingerprint density at radius 2 is 0.645 bits per heavy atom. The van der Waals surface area contributed by atoms with Crippen LogP contribution in [0.3, 0.4) is 0 Å². The van der Waals surface area contributed by atoms with Crippen molar-refractivity contribution in [1.82, 2.24) is 39.0 Å². The van der Waals surface area contributed by atoms with Gasteiger partial charge in [-0.25, -0.2) is 29.9 Å². The van der Waals surface area contributed by atoms with E-state index in [1.165, 1.54) is 82.2 Å². The Kier molecular flexibility index (Phi) is 15.4. The molecule has 124 heavy (non-hydrogen) atoms. The molecular formula is C114H68N8O2. The predicted octanol–water partition coefficient (Wildman–Crippen LogP) is 28.6. The standard InChI is InChI=1S/C114H68N8O2/c1-7-29-67(30-8-1)95-81-49-25-41-70-57-61-90-105(98(70)81)102-83(96(95)68-31-9-2-10-32-68)51-27-53-87(102)121(90)89-63-60-86(107-104(89)80-48-20-22-56-94(80)123-107)114-119-111(74-39-17-6-18-40-74)116-112(120-114)78-46-24-44-76(66-78)75-43-23-45-77(65-75)100-82-50-26-42-71-58-62-91-106(99(71)82)103-84(97(100)69-33-11-3-12-34-69)52-28-54-88(103)122(91)92-64-59-85(101-79-47-19-21-55-93(79)124-108(92)101)113-117-109(72-35-13-4-14-36-72)115-110(118-113)73-37-15-5-16-38-73/h1-44,46-66,77H,45H2. The Bertz CT molecular complexity index is 8560. The molecule has 3 aliphatic rings. The van der Waals surface area contributed by atoms with Crippen LogP contribution in [0.25, 0.3) is 217 Å². The molecule has 0 saturated carbocycles. The van der Waals surface area contributed by atoms with E-state index in [0.29, 0.717) is 40.5 Å². The molecule has 0 fully saturated rings. The van der Waals surface area contributed by atoms with E-state index in [9.17, 15) is 0 Å². The van der Waals surface area contributed by atoms with Crippen molar-refractivity contribution in [2.75, 3.05) is 0 Å². The van der Waals surface area contributed by atoms with Gasteiger partial charge in [-0.15, -0.1) is 0 Å². The third-order valence-corrected chi connectivity index (χ3v) is 25.6. The Labute approximate surface area is 711 Å². The van der Waals surface area contributed by atoms with Gasteiger partial charge in [0.25, 0.3) is 0 Å². The lowest BCUT2D eigenvalue weighted by atomic mass is 9.78. The molecule has 6 heterocycles. The SMILES string of the molecule is C1=CC(c2cccc(-c3nc(-c4ccccc4)nc(-c4ccc(-n5c6cccc7c6c6c8c(cccc8ccc65)C(c5ccccc5)=C7c5ccccc5)c5c4oc4ccccc45)n3)c2)=CC(C2=C(c3ccccc3)c3cccc4c3c3c5c2cccc5ccc3n4-c2ccc(-c3nc(-c4ccccc4)nc(-c4ccccc4)n3)c3c2oc2ccccc23)C1. The number of rotatable bonds is 13. The Morgan fingerprint density at radius 3 is 1.21 bits per heavy atom. The number of aromatic nitrogens is 8. The first-order valence-corrected chi connectivity index (χ1v) is 42.2. The minimum atomic E-state index is -0.0639. The van der Waals surface area contributed by atoms with Crippen molar-refractivity contribution in [2.45, 2.75) is 6.42 Å². The summed E-state index contributed by atoms with van der Waals surface area (Å²) in [6, 6.07) is 134. The molecule has 0 amide bonds. The second kappa shape index (κ2) is 27.5. The number of hydrogen-bond donors (Lipinski definition) is 0. The highest BCUT2D eigenvalue weighted by Crippen LogP contribution is 2.56. The van der Waals surface area contributed by atoms with E-state index in [0.717, 1.165) is 145 Å². The number of furan rings is 2. The van der Waals surface area contributed by atoms with Gasteiger partial charge >= 0.3 is 0 Å². The molecule has 1 atom stereocenters. The highest BCUT2D eigenvalue weighted by molar-refractivity contribution is 6.33. The highest BCUT2D eigenvalue weighted by atomic mass is 16.3. The third kappa shape index (κ3) is 10.6. The topological polar surface area (TPSA) is 113 Å². The molecule has 0 saturated heterocycles. The fourth-order valence-corrected chi connectivity index (χ4v) is 20.4. The fourth-order valence-electron chi connectivity index (χ4n) is 20.4. The van der Waals surface area contributed by atoms with Crippen LogP contribution in [0.5, 0.6) is 0 Å². The zero-order chi connectivity index (χ0) is 81.2. The monoisotopic (exact) mass is 1580 g/mol. The van der Waals surface area contributed by atoms with Crippen molar-refractivity contribution < 1.29 is 8.83 Å². The normalized spacial score (nSPS) is 13.8. The molecule has 576 valence electrons. The summed E-state index contributed by atoms with van der Waals surface area (Å²) in [4.78, 5) is 32.1. The van der Waals surface area contributed by atoms with Crippen LogP contribution in [-0.4, -0.2) is 39.0 Å². The smallest absolute Gasteiger partial charge is 0.167 e. The van der Waals surface area contributed by atoms with Crippen LogP contribution in [0.15, 0.2) is 403 Å². The zero-order valence-corrected chi connectivity index (χ0v) is 66.7. The quantitative estimate of drug-likeness (QED) is 0.112. The van der Waals surface area contributed by atoms with Gasteiger partial charge in [0, 0.05) is 71.4 Å². The third-order valence-electron chi connectivity index (χ3n) is 25.6. The largest absolute Gasteiger partial charge is 0.455 e. The van der Waals surface area contributed by atoms with Gasteiger partial charge in [-0.05, 0) is 167 Å². The molecule has 1 unspecified atom stereocenters. The summed E-state index contributed by atoms with van der Waals surface area (Å²) >= 11 is 0. The van der Waals surface area contributed by atoms with E-state index in [1.807, 2.05) is 66.7 Å². The average molecular weight is 1580 g/mol. The molecule has 10 heteroatoms. The number of para-hydroxylation sites is 2. The Morgan fingerprint density at radius 1 is 0.250 bits per heavy atom. The van der Waals surface area contributed by atoms with Gasteiger partial charge in [0.15, 0.2) is 40.5 Å². The van der Waals surface area contributed by atoms with Gasteiger partial charge in [0.1, 0.15) is 16.7 Å². The minimum absolute atomic E-state index is 0.0639. The van der Waals surface area contributed by atoms with Crippen molar-refractivity contribution in [3.8, 4) is 79.7 Å². The van der Waals surface area contributed by atoms with Crippen LogP contribution in [0.2, 0.25) is 0 Å². The van der Waals surface area contributed by atoms with Crippen LogP contribution in [-0.2, 0) is 0 Å². The second-order valence-corrected chi connectivity index (χ2v) is 32.5. The van der Waals surface area contributed by atoms with Crippen LogP contribution in [0.1, 0.15) is 50.9 Å². The Balaban J connectivity index is 0.622. The zero-order valence-electron chi connectivity index (χ0n) is 66.7. The lowest BCUT2D eigenvalue weighted by Gasteiger charge is -2.26. The summed E-state index contributed by atoms with van der Waals surface area (Å²) in [6.07, 6.45) is 7.95. The first-order chi connectivity index (χ1) is 61.5. The molecule has 0 bridgehead atoms. The van der Waals surface area contributed by atoms with Gasteiger partial charge in [-0.1, -0.05) is 328 Å². The first-order valence-electron chi connectivity index (χ1n) is 42.2. The molecule has 3 aliphatic carbocycles. The molecule has 17 aromatic carbocycles. The van der Waals surface area contributed by atoms with Crippen molar-refractivity contribution in [3.05, 3.63) is 439 Å². The van der Waals surface area contributed by atoms with Gasteiger partial charge < -0.3 is 18.0 Å². The number of allylic oxidation sites excluding steroid dienone is 5. The predicted molar refractivity (Wildman–Crippen MR) is 506 cm³/mol. The second-order valence-electron chi connectivity index (χ2n) is 32.5. The van der Waals surface area contributed by atoms with E-state index in [1.54, 1.807) is 0 Å². The van der Waals surface area contributed by atoms with Crippen molar-refractivity contribution >= 4 is 137 Å². The Hall–Kier alpha value is -16.6. The van der Waals surface area contributed by atoms with Crippen molar-refractivity contribution in [3.63, 3.8) is 0 Å². The molecule has 0 aliphatic heterocycles. The number of fused-ring (bicyclic) bond motifs is 6. The first kappa shape index (κ1) is 69.4. The number of nitrogens with zero attached hydrogens (tertiary/aromatic N) is 8. The van der Waals surface area contributed by atoms with Crippen molar-refractivity contribution in [2.24, 2.45) is 5.92 Å². The summed E-state index contributed by atoms with van der Waals surface area (Å²) in [6.45, 7) is 0. The lowest BCUT2D eigenvalue weighted by Crippen LogP contribution is -2.08. The molecule has 0 spiro atoms.